The molecule has 1 atom stereocenters. The molecule has 5 nitrogen and oxygen atoms in total. The Bertz CT molecular complexity index is 744. The summed E-state index contributed by atoms with van der Waals surface area (Å²) in [5.41, 5.74) is 1.32. The number of rotatable bonds is 4. The molecule has 1 aromatic carbocycles. The number of carbonyl (C=O) groups excluding carboxylic acids is 1. The van der Waals surface area contributed by atoms with E-state index in [1.165, 1.54) is 18.0 Å². The Kier molecular flexibility index (Phi) is 4.95. The van der Waals surface area contributed by atoms with Gasteiger partial charge in [-0.2, -0.15) is 0 Å². The number of hydrogen-bond donors (Lipinski definition) is 0. The minimum atomic E-state index is -1.05. The average molecular weight is 360 g/mol. The first-order chi connectivity index (χ1) is 11.9. The Morgan fingerprint density at radius 3 is 2.52 bits per heavy atom. The van der Waals surface area contributed by atoms with E-state index in [4.69, 9.17) is 16.3 Å². The summed E-state index contributed by atoms with van der Waals surface area (Å²) in [6, 6.07) is 8.60. The lowest BCUT2D eigenvalue weighted by atomic mass is 10.0. The molecule has 1 fully saturated rings. The molecule has 0 N–H and O–H groups in total. The van der Waals surface area contributed by atoms with Crippen molar-refractivity contribution in [3.8, 4) is 6.01 Å². The van der Waals surface area contributed by atoms with Crippen molar-refractivity contribution in [2.75, 3.05) is 6.54 Å². The van der Waals surface area contributed by atoms with Crippen LogP contribution >= 0.6 is 11.6 Å². The maximum atomic E-state index is 13.1. The maximum Gasteiger partial charge on any atom is 0.317 e. The zero-order valence-electron chi connectivity index (χ0n) is 14.7. The number of halogens is 1. The fourth-order valence-electron chi connectivity index (χ4n) is 3.12. The first kappa shape index (κ1) is 17.7. The molecular formula is C19H22ClN3O2. The molecule has 1 saturated heterocycles. The largest absolute Gasteiger partial charge is 0.447 e. The van der Waals surface area contributed by atoms with Crippen LogP contribution in [-0.4, -0.2) is 32.9 Å². The van der Waals surface area contributed by atoms with E-state index in [9.17, 15) is 4.79 Å². The van der Waals surface area contributed by atoms with Crippen molar-refractivity contribution in [1.29, 1.82) is 0 Å². The van der Waals surface area contributed by atoms with Gasteiger partial charge >= 0.3 is 6.01 Å². The molecule has 0 bridgehead atoms. The molecule has 1 aromatic heterocycles. The molecule has 1 amide bonds. The van der Waals surface area contributed by atoms with Crippen LogP contribution in [0.1, 0.15) is 43.9 Å². The predicted molar refractivity (Wildman–Crippen MR) is 96.6 cm³/mol. The second-order valence-electron chi connectivity index (χ2n) is 6.86. The van der Waals surface area contributed by atoms with E-state index < -0.39 is 5.60 Å². The molecule has 1 aliphatic rings. The maximum absolute atomic E-state index is 13.1. The van der Waals surface area contributed by atoms with E-state index in [0.29, 0.717) is 5.02 Å². The van der Waals surface area contributed by atoms with Crippen LogP contribution in [0.15, 0.2) is 36.7 Å². The number of aryl methyl sites for hydroxylation is 1. The van der Waals surface area contributed by atoms with Crippen LogP contribution in [0.2, 0.25) is 5.02 Å². The minimum absolute atomic E-state index is 0.0610. The van der Waals surface area contributed by atoms with Crippen molar-refractivity contribution in [2.45, 2.75) is 45.3 Å². The quantitative estimate of drug-likeness (QED) is 0.829. The molecule has 132 valence electrons. The van der Waals surface area contributed by atoms with E-state index in [0.717, 1.165) is 24.9 Å². The summed E-state index contributed by atoms with van der Waals surface area (Å²) in [5, 5.41) is 0.426. The van der Waals surface area contributed by atoms with Crippen molar-refractivity contribution < 1.29 is 9.53 Å². The van der Waals surface area contributed by atoms with Gasteiger partial charge in [0.15, 0.2) is 5.60 Å². The average Bonchev–Trinajstić information content (AvgIpc) is 3.06. The van der Waals surface area contributed by atoms with Gasteiger partial charge in [-0.3, -0.25) is 4.79 Å². The second kappa shape index (κ2) is 7.00. The molecule has 3 rings (SSSR count). The van der Waals surface area contributed by atoms with Gasteiger partial charge in [-0.1, -0.05) is 41.4 Å². The number of aromatic nitrogens is 2. The molecule has 0 aliphatic carbocycles. The monoisotopic (exact) mass is 359 g/mol. The zero-order valence-corrected chi connectivity index (χ0v) is 15.5. The van der Waals surface area contributed by atoms with Crippen LogP contribution < -0.4 is 4.74 Å². The summed E-state index contributed by atoms with van der Waals surface area (Å²) >= 11 is 5.79. The van der Waals surface area contributed by atoms with Crippen molar-refractivity contribution >= 4 is 17.5 Å². The Morgan fingerprint density at radius 1 is 1.24 bits per heavy atom. The first-order valence-corrected chi connectivity index (χ1v) is 8.79. The number of carbonyl (C=O) groups is 1. The van der Waals surface area contributed by atoms with Crippen LogP contribution in [0.25, 0.3) is 0 Å². The van der Waals surface area contributed by atoms with Gasteiger partial charge < -0.3 is 9.64 Å². The predicted octanol–water partition coefficient (Wildman–Crippen LogP) is 3.96. The Balaban J connectivity index is 1.77. The normalized spacial score (nSPS) is 17.6. The van der Waals surface area contributed by atoms with Crippen molar-refractivity contribution in [3.05, 3.63) is 52.8 Å². The van der Waals surface area contributed by atoms with E-state index in [-0.39, 0.29) is 18.0 Å². The molecular weight excluding hydrogens is 338 g/mol. The van der Waals surface area contributed by atoms with Crippen LogP contribution in [0.4, 0.5) is 0 Å². The minimum Gasteiger partial charge on any atom is -0.447 e. The fraction of sp³-hybridized carbons (Fsp3) is 0.421. The topological polar surface area (TPSA) is 55.3 Å². The van der Waals surface area contributed by atoms with Gasteiger partial charge in [0.1, 0.15) is 0 Å². The van der Waals surface area contributed by atoms with Gasteiger partial charge in [0.2, 0.25) is 0 Å². The van der Waals surface area contributed by atoms with Gasteiger partial charge in [-0.25, -0.2) is 9.97 Å². The van der Waals surface area contributed by atoms with Crippen molar-refractivity contribution in [3.63, 3.8) is 0 Å². The number of ether oxygens (including phenoxy) is 1. The van der Waals surface area contributed by atoms with Gasteiger partial charge in [-0.15, -0.1) is 0 Å². The number of likely N-dealkylation sites (tertiary alicyclic amines) is 1. The lowest BCUT2D eigenvalue weighted by Gasteiger charge is -2.33. The van der Waals surface area contributed by atoms with E-state index in [1.54, 1.807) is 13.8 Å². The summed E-state index contributed by atoms with van der Waals surface area (Å²) in [7, 11) is 0. The van der Waals surface area contributed by atoms with E-state index in [1.807, 2.05) is 4.90 Å². The summed E-state index contributed by atoms with van der Waals surface area (Å²) in [6.07, 6.45) is 4.85. The van der Waals surface area contributed by atoms with Crippen LogP contribution in [0.5, 0.6) is 6.01 Å². The molecule has 0 radical (unpaired) electrons. The third-order valence-electron chi connectivity index (χ3n) is 4.43. The smallest absolute Gasteiger partial charge is 0.317 e. The molecule has 0 saturated carbocycles. The Labute approximate surface area is 153 Å². The second-order valence-corrected chi connectivity index (χ2v) is 7.30. The van der Waals surface area contributed by atoms with Crippen LogP contribution in [0.3, 0.4) is 0 Å². The lowest BCUT2D eigenvalue weighted by Crippen LogP contribution is -2.48. The summed E-state index contributed by atoms with van der Waals surface area (Å²) in [6.45, 7) is 6.28. The van der Waals surface area contributed by atoms with E-state index in [2.05, 4.69) is 41.2 Å². The van der Waals surface area contributed by atoms with Crippen LogP contribution in [0, 0.1) is 6.92 Å². The summed E-state index contributed by atoms with van der Waals surface area (Å²) in [5.74, 6) is -0.0610. The molecule has 2 heterocycles. The Morgan fingerprint density at radius 2 is 1.88 bits per heavy atom. The lowest BCUT2D eigenvalue weighted by molar-refractivity contribution is -0.147. The zero-order chi connectivity index (χ0) is 18.0. The molecule has 0 spiro atoms. The van der Waals surface area contributed by atoms with E-state index >= 15 is 0 Å². The highest BCUT2D eigenvalue weighted by molar-refractivity contribution is 6.30. The highest BCUT2D eigenvalue weighted by Crippen LogP contribution is 2.34. The molecule has 2 aromatic rings. The SMILES string of the molecule is Cc1ccc(C2CCCN2C(=O)C(C)(C)Oc2ncc(Cl)cn2)cc1. The third-order valence-corrected chi connectivity index (χ3v) is 4.63. The molecule has 6 heteroatoms. The highest BCUT2D eigenvalue weighted by atomic mass is 35.5. The van der Waals surface area contributed by atoms with Crippen molar-refractivity contribution in [1.82, 2.24) is 14.9 Å². The number of amides is 1. The summed E-state index contributed by atoms with van der Waals surface area (Å²) in [4.78, 5) is 23.1. The third kappa shape index (κ3) is 3.93. The number of nitrogens with zero attached hydrogens (tertiary/aromatic N) is 3. The van der Waals surface area contributed by atoms with Crippen molar-refractivity contribution in [2.24, 2.45) is 0 Å². The molecule has 1 aliphatic heterocycles. The van der Waals surface area contributed by atoms with Gasteiger partial charge in [-0.05, 0) is 39.2 Å². The van der Waals surface area contributed by atoms with Gasteiger partial charge in [0, 0.05) is 6.54 Å². The highest BCUT2D eigenvalue weighted by Gasteiger charge is 2.40. The fourth-order valence-corrected chi connectivity index (χ4v) is 3.21. The first-order valence-electron chi connectivity index (χ1n) is 8.41. The Hall–Kier alpha value is -2.14. The van der Waals surface area contributed by atoms with Gasteiger partial charge in [0.25, 0.3) is 5.91 Å². The number of benzene rings is 1. The standard InChI is InChI=1S/C19H22ClN3O2/c1-13-6-8-14(9-7-13)16-5-4-10-23(16)17(24)19(2,3)25-18-21-11-15(20)12-22-18/h6-9,11-12,16H,4-5,10H2,1-3H3. The van der Waals surface area contributed by atoms with Gasteiger partial charge in [0.05, 0.1) is 23.5 Å². The summed E-state index contributed by atoms with van der Waals surface area (Å²) < 4.78 is 5.76. The number of hydrogen-bond acceptors (Lipinski definition) is 4. The molecule has 25 heavy (non-hydrogen) atoms. The van der Waals surface area contributed by atoms with Crippen LogP contribution in [-0.2, 0) is 4.79 Å². The molecule has 1 unspecified atom stereocenters.